The van der Waals surface area contributed by atoms with Crippen molar-refractivity contribution >= 4 is 6.08 Å². The standard InChI is InChI=1S/C12H17NO/c1-11(2)8-3-4-12(9(11)5-8)6-10(12)13-7-14/h8-10H,3-6H2,1-2H3/t8-,9+,10+,12+/m0/s1. The van der Waals surface area contributed by atoms with E-state index in [1.807, 2.05) is 0 Å². The third-order valence-electron chi connectivity index (χ3n) is 5.41. The van der Waals surface area contributed by atoms with Crippen LogP contribution in [0.5, 0.6) is 0 Å². The highest BCUT2D eigenvalue weighted by atomic mass is 16.1. The lowest BCUT2D eigenvalue weighted by Gasteiger charge is -2.61. The van der Waals surface area contributed by atoms with Crippen LogP contribution in [0, 0.1) is 22.7 Å². The van der Waals surface area contributed by atoms with Crippen LogP contribution in [0.4, 0.5) is 0 Å². The monoisotopic (exact) mass is 191 g/mol. The number of aliphatic imine (C=N–C) groups is 1. The van der Waals surface area contributed by atoms with Gasteiger partial charge in [-0.25, -0.2) is 9.79 Å². The SMILES string of the molecule is CC1(C)[C@H]2CC[C@@]3(C[C@H]3N=C=O)[C@@H]1C2. The lowest BCUT2D eigenvalue weighted by molar-refractivity contribution is -0.118. The summed E-state index contributed by atoms with van der Waals surface area (Å²) in [6.45, 7) is 4.79. The second-order valence-corrected chi connectivity index (χ2v) is 6.02. The van der Waals surface area contributed by atoms with Gasteiger partial charge < -0.3 is 0 Å². The molecule has 0 aliphatic heterocycles. The maximum atomic E-state index is 10.3. The second kappa shape index (κ2) is 2.30. The Hall–Kier alpha value is -0.620. The molecule has 2 heteroatoms. The quantitative estimate of drug-likeness (QED) is 0.462. The number of hydrogen-bond donors (Lipinski definition) is 0. The van der Waals surface area contributed by atoms with Gasteiger partial charge in [0.2, 0.25) is 6.08 Å². The Balaban J connectivity index is 1.87. The summed E-state index contributed by atoms with van der Waals surface area (Å²) in [5.74, 6) is 1.77. The molecule has 2 nitrogen and oxygen atoms in total. The minimum Gasteiger partial charge on any atom is -0.211 e. The maximum Gasteiger partial charge on any atom is 0.235 e. The molecule has 0 aromatic rings. The van der Waals surface area contributed by atoms with Gasteiger partial charge in [0.05, 0.1) is 6.04 Å². The summed E-state index contributed by atoms with van der Waals surface area (Å²) < 4.78 is 0. The van der Waals surface area contributed by atoms with Crippen molar-refractivity contribution in [3.05, 3.63) is 0 Å². The fraction of sp³-hybridized carbons (Fsp3) is 0.917. The molecule has 4 rings (SSSR count). The number of isocyanates is 1. The first-order valence-electron chi connectivity index (χ1n) is 5.68. The largest absolute Gasteiger partial charge is 0.235 e. The molecule has 0 saturated heterocycles. The van der Waals surface area contributed by atoms with Crippen LogP contribution in [0.3, 0.4) is 0 Å². The molecule has 0 heterocycles. The van der Waals surface area contributed by atoms with E-state index in [4.69, 9.17) is 0 Å². The lowest BCUT2D eigenvalue weighted by atomic mass is 9.44. The number of rotatable bonds is 1. The van der Waals surface area contributed by atoms with Gasteiger partial charge in [-0.1, -0.05) is 13.8 Å². The zero-order valence-corrected chi connectivity index (χ0v) is 8.92. The van der Waals surface area contributed by atoms with E-state index in [0.29, 0.717) is 16.9 Å². The molecule has 0 aromatic carbocycles. The van der Waals surface area contributed by atoms with Crippen molar-refractivity contribution in [1.82, 2.24) is 0 Å². The molecule has 0 radical (unpaired) electrons. The Morgan fingerprint density at radius 2 is 2.21 bits per heavy atom. The zero-order chi connectivity index (χ0) is 9.97. The highest BCUT2D eigenvalue weighted by molar-refractivity contribution is 5.37. The van der Waals surface area contributed by atoms with E-state index in [9.17, 15) is 4.79 Å². The Kier molecular flexibility index (Phi) is 1.43. The van der Waals surface area contributed by atoms with E-state index in [2.05, 4.69) is 18.8 Å². The van der Waals surface area contributed by atoms with Crippen LogP contribution in [0.1, 0.15) is 39.5 Å². The van der Waals surface area contributed by atoms with Crippen LogP contribution in [0.15, 0.2) is 4.99 Å². The van der Waals surface area contributed by atoms with Crippen LogP contribution in [0.25, 0.3) is 0 Å². The molecular formula is C12H17NO. The lowest BCUT2D eigenvalue weighted by Crippen LogP contribution is -2.54. The summed E-state index contributed by atoms with van der Waals surface area (Å²) in [6.07, 6.45) is 6.95. The average molecular weight is 191 g/mol. The molecule has 0 amide bonds. The van der Waals surface area contributed by atoms with E-state index in [1.54, 1.807) is 6.08 Å². The predicted molar refractivity (Wildman–Crippen MR) is 53.6 cm³/mol. The van der Waals surface area contributed by atoms with Crippen LogP contribution in [-0.2, 0) is 4.79 Å². The van der Waals surface area contributed by atoms with Gasteiger partial charge in [0.1, 0.15) is 0 Å². The average Bonchev–Trinajstić information content (AvgIpc) is 2.78. The second-order valence-electron chi connectivity index (χ2n) is 6.02. The molecule has 0 aromatic heterocycles. The molecule has 14 heavy (non-hydrogen) atoms. The molecule has 1 spiro atoms. The molecule has 0 N–H and O–H groups in total. The number of nitrogens with zero attached hydrogens (tertiary/aromatic N) is 1. The van der Waals surface area contributed by atoms with Crippen molar-refractivity contribution in [3.63, 3.8) is 0 Å². The highest BCUT2D eigenvalue weighted by Gasteiger charge is 2.70. The Morgan fingerprint density at radius 3 is 2.79 bits per heavy atom. The van der Waals surface area contributed by atoms with Crippen LogP contribution < -0.4 is 0 Å². The maximum absolute atomic E-state index is 10.3. The summed E-state index contributed by atoms with van der Waals surface area (Å²) in [4.78, 5) is 14.2. The third-order valence-corrected chi connectivity index (χ3v) is 5.41. The summed E-state index contributed by atoms with van der Waals surface area (Å²) in [5, 5.41) is 0. The van der Waals surface area contributed by atoms with Crippen LogP contribution in [0.2, 0.25) is 0 Å². The first-order valence-corrected chi connectivity index (χ1v) is 5.68. The first kappa shape index (κ1) is 8.67. The van der Waals surface area contributed by atoms with Gasteiger partial charge in [0.25, 0.3) is 0 Å². The summed E-state index contributed by atoms with van der Waals surface area (Å²) in [6, 6.07) is 0.325. The summed E-state index contributed by atoms with van der Waals surface area (Å²) in [5.41, 5.74) is 0.946. The van der Waals surface area contributed by atoms with E-state index in [0.717, 1.165) is 18.3 Å². The van der Waals surface area contributed by atoms with Crippen molar-refractivity contribution in [2.45, 2.75) is 45.6 Å². The molecule has 4 saturated carbocycles. The normalized spacial score (nSPS) is 52.0. The molecule has 76 valence electrons. The van der Waals surface area contributed by atoms with Crippen molar-refractivity contribution in [2.75, 3.05) is 0 Å². The van der Waals surface area contributed by atoms with Crippen LogP contribution >= 0.6 is 0 Å². The van der Waals surface area contributed by atoms with E-state index < -0.39 is 0 Å². The van der Waals surface area contributed by atoms with Gasteiger partial charge in [-0.15, -0.1) is 0 Å². The predicted octanol–water partition coefficient (Wildman–Crippen LogP) is 2.54. The van der Waals surface area contributed by atoms with Gasteiger partial charge in [-0.05, 0) is 48.3 Å². The molecule has 4 aliphatic rings. The van der Waals surface area contributed by atoms with Crippen molar-refractivity contribution in [3.8, 4) is 0 Å². The highest BCUT2D eigenvalue weighted by Crippen LogP contribution is 2.74. The molecule has 4 atom stereocenters. The number of carbonyl (C=O) groups excluding carboxylic acids is 1. The fourth-order valence-corrected chi connectivity index (χ4v) is 4.28. The molecule has 2 bridgehead atoms. The van der Waals surface area contributed by atoms with Crippen molar-refractivity contribution in [2.24, 2.45) is 27.7 Å². The van der Waals surface area contributed by atoms with Gasteiger partial charge >= 0.3 is 0 Å². The third kappa shape index (κ3) is 0.791. The Bertz CT molecular complexity index is 327. The zero-order valence-electron chi connectivity index (χ0n) is 8.92. The molecule has 4 aliphatic carbocycles. The Labute approximate surface area is 84.8 Å². The van der Waals surface area contributed by atoms with Gasteiger partial charge in [0.15, 0.2) is 0 Å². The first-order chi connectivity index (χ1) is 6.61. The van der Waals surface area contributed by atoms with Gasteiger partial charge in [-0.3, -0.25) is 0 Å². The topological polar surface area (TPSA) is 29.4 Å². The summed E-state index contributed by atoms with van der Waals surface area (Å²) >= 11 is 0. The Morgan fingerprint density at radius 1 is 1.43 bits per heavy atom. The van der Waals surface area contributed by atoms with E-state index >= 15 is 0 Å². The summed E-state index contributed by atoms with van der Waals surface area (Å²) in [7, 11) is 0. The minimum absolute atomic E-state index is 0.325. The molecule has 0 unspecified atom stereocenters. The van der Waals surface area contributed by atoms with Crippen LogP contribution in [-0.4, -0.2) is 12.1 Å². The van der Waals surface area contributed by atoms with Gasteiger partial charge in [-0.2, -0.15) is 0 Å². The molecule has 4 fully saturated rings. The molecular weight excluding hydrogens is 174 g/mol. The number of hydrogen-bond acceptors (Lipinski definition) is 2. The smallest absolute Gasteiger partial charge is 0.211 e. The fourth-order valence-electron chi connectivity index (χ4n) is 4.28. The minimum atomic E-state index is 0.325. The van der Waals surface area contributed by atoms with Crippen molar-refractivity contribution in [1.29, 1.82) is 0 Å². The number of fused-ring (bicyclic) bond motifs is 1. The van der Waals surface area contributed by atoms with Crippen molar-refractivity contribution < 1.29 is 4.79 Å². The van der Waals surface area contributed by atoms with Gasteiger partial charge in [0, 0.05) is 0 Å². The van der Waals surface area contributed by atoms with E-state index in [-0.39, 0.29) is 0 Å². The van der Waals surface area contributed by atoms with E-state index in [1.165, 1.54) is 19.3 Å².